The number of piperidine rings is 1. The molecule has 23 heavy (non-hydrogen) atoms. The number of halogens is 1. The van der Waals surface area contributed by atoms with Gasteiger partial charge < -0.3 is 10.2 Å². The first-order valence-electron chi connectivity index (χ1n) is 8.22. The summed E-state index contributed by atoms with van der Waals surface area (Å²) in [7, 11) is -2.88. The summed E-state index contributed by atoms with van der Waals surface area (Å²) in [6, 6.07) is 7.49. The lowest BCUT2D eigenvalue weighted by atomic mass is 10.0. The van der Waals surface area contributed by atoms with Crippen LogP contribution in [0.2, 0.25) is 0 Å². The number of nitrogens with one attached hydrogen (secondary N) is 1. The Morgan fingerprint density at radius 3 is 2.43 bits per heavy atom. The number of hydrogen-bond acceptors (Lipinski definition) is 4. The Morgan fingerprint density at radius 2 is 1.87 bits per heavy atom. The zero-order valence-corrected chi connectivity index (χ0v) is 14.8. The average Bonchev–Trinajstić information content (AvgIpc) is 2.48. The number of hydrogen-bond donors (Lipinski definition) is 1. The van der Waals surface area contributed by atoms with E-state index in [1.54, 1.807) is 0 Å². The van der Waals surface area contributed by atoms with E-state index in [1.165, 1.54) is 18.4 Å². The molecule has 2 rings (SSSR count). The van der Waals surface area contributed by atoms with Crippen molar-refractivity contribution in [3.8, 4) is 0 Å². The van der Waals surface area contributed by atoms with E-state index in [4.69, 9.17) is 0 Å². The number of sulfone groups is 1. The fraction of sp³-hybridized carbons (Fsp3) is 0.647. The summed E-state index contributed by atoms with van der Waals surface area (Å²) in [6.07, 6.45) is 4.25. The molecule has 1 unspecified atom stereocenters. The maximum Gasteiger partial charge on any atom is 0.148 e. The highest BCUT2D eigenvalue weighted by molar-refractivity contribution is 7.90. The second-order valence-corrected chi connectivity index (χ2v) is 8.90. The molecule has 0 bridgehead atoms. The maximum atomic E-state index is 12.9. The molecule has 0 amide bonds. The molecule has 0 aliphatic carbocycles. The first-order valence-corrected chi connectivity index (χ1v) is 10.3. The lowest BCUT2D eigenvalue weighted by molar-refractivity contribution is 0.200. The molecule has 0 radical (unpaired) electrons. The van der Waals surface area contributed by atoms with Gasteiger partial charge in [-0.2, -0.15) is 0 Å². The van der Waals surface area contributed by atoms with Crippen molar-refractivity contribution in [1.82, 2.24) is 10.2 Å². The van der Waals surface area contributed by atoms with Gasteiger partial charge in [-0.05, 0) is 57.0 Å². The quantitative estimate of drug-likeness (QED) is 0.822. The normalized spacial score (nSPS) is 18.9. The van der Waals surface area contributed by atoms with E-state index in [2.05, 4.69) is 17.1 Å². The Labute approximate surface area is 139 Å². The molecule has 130 valence electrons. The highest BCUT2D eigenvalue weighted by atomic mass is 32.2. The largest absolute Gasteiger partial charge is 0.311 e. The summed E-state index contributed by atoms with van der Waals surface area (Å²) in [5, 5.41) is 3.64. The Morgan fingerprint density at radius 1 is 1.26 bits per heavy atom. The summed E-state index contributed by atoms with van der Waals surface area (Å²) in [5.41, 5.74) is 1.14. The van der Waals surface area contributed by atoms with Gasteiger partial charge in [-0.3, -0.25) is 0 Å². The van der Waals surface area contributed by atoms with Crippen molar-refractivity contribution in [3.63, 3.8) is 0 Å². The number of benzene rings is 1. The predicted octanol–water partition coefficient (Wildman–Crippen LogP) is 1.86. The van der Waals surface area contributed by atoms with Crippen LogP contribution in [0.25, 0.3) is 0 Å². The third-order valence-electron chi connectivity index (χ3n) is 4.34. The van der Waals surface area contributed by atoms with E-state index >= 15 is 0 Å². The first-order chi connectivity index (χ1) is 10.8. The van der Waals surface area contributed by atoms with Crippen molar-refractivity contribution < 1.29 is 12.8 Å². The monoisotopic (exact) mass is 342 g/mol. The highest BCUT2D eigenvalue weighted by Crippen LogP contribution is 2.13. The van der Waals surface area contributed by atoms with Crippen LogP contribution in [0.1, 0.15) is 25.3 Å². The Bertz CT molecular complexity index is 581. The molecule has 1 N–H and O–H groups in total. The third-order valence-corrected chi connectivity index (χ3v) is 5.27. The van der Waals surface area contributed by atoms with Crippen LogP contribution in [0.15, 0.2) is 24.3 Å². The fourth-order valence-corrected chi connectivity index (χ4v) is 3.64. The molecule has 4 nitrogen and oxygen atoms in total. The SMILES string of the molecule is CC(Cc1ccc(F)cc1)NC1CCN(CCS(C)(=O)=O)CC1. The van der Waals surface area contributed by atoms with Crippen LogP contribution in [-0.4, -0.2) is 57.0 Å². The maximum absolute atomic E-state index is 12.9. The van der Waals surface area contributed by atoms with Gasteiger partial charge in [0, 0.05) is 24.9 Å². The summed E-state index contributed by atoms with van der Waals surface area (Å²) >= 11 is 0. The minimum atomic E-state index is -2.88. The van der Waals surface area contributed by atoms with Crippen LogP contribution in [0, 0.1) is 5.82 Å². The molecular weight excluding hydrogens is 315 g/mol. The molecule has 1 aromatic rings. The van der Waals surface area contributed by atoms with E-state index in [0.717, 1.165) is 37.9 Å². The van der Waals surface area contributed by atoms with Crippen molar-refractivity contribution in [2.24, 2.45) is 0 Å². The van der Waals surface area contributed by atoms with Gasteiger partial charge in [0.2, 0.25) is 0 Å². The van der Waals surface area contributed by atoms with E-state index in [0.29, 0.717) is 18.6 Å². The van der Waals surface area contributed by atoms with E-state index in [9.17, 15) is 12.8 Å². The van der Waals surface area contributed by atoms with Gasteiger partial charge in [-0.15, -0.1) is 0 Å². The summed E-state index contributed by atoms with van der Waals surface area (Å²) < 4.78 is 35.3. The molecular formula is C17H27FN2O2S. The van der Waals surface area contributed by atoms with Crippen molar-refractivity contribution in [3.05, 3.63) is 35.6 Å². The van der Waals surface area contributed by atoms with Crippen LogP contribution in [0.4, 0.5) is 4.39 Å². The highest BCUT2D eigenvalue weighted by Gasteiger charge is 2.21. The molecule has 0 saturated carbocycles. The van der Waals surface area contributed by atoms with Crippen LogP contribution < -0.4 is 5.32 Å². The zero-order valence-electron chi connectivity index (χ0n) is 14.0. The Kier molecular flexibility index (Phi) is 6.56. The number of nitrogens with zero attached hydrogens (tertiary/aromatic N) is 1. The zero-order chi connectivity index (χ0) is 16.9. The molecule has 1 heterocycles. The Balaban J connectivity index is 1.70. The summed E-state index contributed by atoms with van der Waals surface area (Å²) in [6.45, 7) is 4.67. The van der Waals surface area contributed by atoms with Crippen LogP contribution in [0.5, 0.6) is 0 Å². The number of rotatable bonds is 7. The summed E-state index contributed by atoms with van der Waals surface area (Å²) in [5.74, 6) is 0.0438. The second kappa shape index (κ2) is 8.22. The van der Waals surface area contributed by atoms with Crippen molar-refractivity contribution in [1.29, 1.82) is 0 Å². The van der Waals surface area contributed by atoms with Gasteiger partial charge in [-0.25, -0.2) is 12.8 Å². The lowest BCUT2D eigenvalue weighted by Crippen LogP contribution is -2.46. The van der Waals surface area contributed by atoms with Gasteiger partial charge in [0.25, 0.3) is 0 Å². The standard InChI is InChI=1S/C17H27FN2O2S/c1-14(13-15-3-5-16(18)6-4-15)19-17-7-9-20(10-8-17)11-12-23(2,21)22/h3-6,14,17,19H,7-13H2,1-2H3. The van der Waals surface area contributed by atoms with Crippen LogP contribution in [-0.2, 0) is 16.3 Å². The van der Waals surface area contributed by atoms with Crippen molar-refractivity contribution >= 4 is 9.84 Å². The molecule has 1 fully saturated rings. The second-order valence-electron chi connectivity index (χ2n) is 6.64. The van der Waals surface area contributed by atoms with E-state index in [-0.39, 0.29) is 11.6 Å². The lowest BCUT2D eigenvalue weighted by Gasteiger charge is -2.33. The topological polar surface area (TPSA) is 49.4 Å². The minimum Gasteiger partial charge on any atom is -0.311 e. The molecule has 1 aliphatic heterocycles. The van der Waals surface area contributed by atoms with Gasteiger partial charge in [0.15, 0.2) is 0 Å². The van der Waals surface area contributed by atoms with Gasteiger partial charge in [0.05, 0.1) is 5.75 Å². The van der Waals surface area contributed by atoms with Crippen molar-refractivity contribution in [2.45, 2.75) is 38.3 Å². The van der Waals surface area contributed by atoms with Gasteiger partial charge >= 0.3 is 0 Å². The molecule has 1 aromatic carbocycles. The summed E-state index contributed by atoms with van der Waals surface area (Å²) in [4.78, 5) is 2.23. The molecule has 1 atom stereocenters. The minimum absolute atomic E-state index is 0.198. The molecule has 6 heteroatoms. The molecule has 1 saturated heterocycles. The van der Waals surface area contributed by atoms with Crippen LogP contribution >= 0.6 is 0 Å². The van der Waals surface area contributed by atoms with Crippen LogP contribution in [0.3, 0.4) is 0 Å². The third kappa shape index (κ3) is 6.97. The molecule has 0 aromatic heterocycles. The fourth-order valence-electron chi connectivity index (χ4n) is 3.05. The molecule has 1 aliphatic rings. The van der Waals surface area contributed by atoms with Gasteiger partial charge in [-0.1, -0.05) is 12.1 Å². The smallest absolute Gasteiger partial charge is 0.148 e. The Hall–Kier alpha value is -0.980. The van der Waals surface area contributed by atoms with E-state index in [1.807, 2.05) is 12.1 Å². The van der Waals surface area contributed by atoms with Crippen molar-refractivity contribution in [2.75, 3.05) is 31.6 Å². The first kappa shape index (κ1) is 18.4. The van der Waals surface area contributed by atoms with Gasteiger partial charge in [0.1, 0.15) is 15.7 Å². The average molecular weight is 342 g/mol. The predicted molar refractivity (Wildman–Crippen MR) is 91.9 cm³/mol. The number of likely N-dealkylation sites (tertiary alicyclic amines) is 1. The van der Waals surface area contributed by atoms with E-state index < -0.39 is 9.84 Å². The molecule has 0 spiro atoms.